The number of nitrogens with zero attached hydrogens (tertiary/aromatic N) is 1. The van der Waals surface area contributed by atoms with Crippen molar-refractivity contribution >= 4 is 28.7 Å². The van der Waals surface area contributed by atoms with Crippen molar-refractivity contribution in [1.82, 2.24) is 0 Å². The Bertz CT molecular complexity index is 557. The molecule has 2 aromatic rings. The summed E-state index contributed by atoms with van der Waals surface area (Å²) >= 11 is 5.78. The lowest BCUT2D eigenvalue weighted by Crippen LogP contribution is -2.19. The van der Waals surface area contributed by atoms with Crippen molar-refractivity contribution in [2.45, 2.75) is 6.54 Å². The number of benzene rings is 1. The Kier molecular flexibility index (Phi) is 3.34. The molecular weight excluding hydrogens is 257 g/mol. The van der Waals surface area contributed by atoms with Gasteiger partial charge in [-0.3, -0.25) is 0 Å². The quantitative estimate of drug-likeness (QED) is 0.841. The van der Waals surface area contributed by atoms with E-state index in [9.17, 15) is 4.39 Å². The Labute approximate surface area is 109 Å². The Morgan fingerprint density at radius 1 is 1.39 bits per heavy atom. The van der Waals surface area contributed by atoms with E-state index in [1.54, 1.807) is 30.3 Å². The van der Waals surface area contributed by atoms with Crippen molar-refractivity contribution in [1.29, 1.82) is 0 Å². The molecule has 6 heteroatoms. The van der Waals surface area contributed by atoms with Gasteiger partial charge in [0, 0.05) is 7.05 Å². The van der Waals surface area contributed by atoms with Gasteiger partial charge in [0.25, 0.3) is 0 Å². The van der Waals surface area contributed by atoms with Gasteiger partial charge in [-0.05, 0) is 18.2 Å². The van der Waals surface area contributed by atoms with E-state index in [4.69, 9.17) is 27.5 Å². The number of hydrogen-bond donors (Lipinski definition) is 2. The average molecular weight is 270 g/mol. The molecule has 1 heterocycles. The summed E-state index contributed by atoms with van der Waals surface area (Å²) in [7, 11) is 1.70. The molecule has 1 aromatic heterocycles. The molecule has 0 fully saturated rings. The van der Waals surface area contributed by atoms with Crippen LogP contribution in [0.15, 0.2) is 28.9 Å². The monoisotopic (exact) mass is 269 g/mol. The van der Waals surface area contributed by atoms with Crippen molar-refractivity contribution in [3.63, 3.8) is 0 Å². The molecule has 4 nitrogen and oxygen atoms in total. The second kappa shape index (κ2) is 4.78. The van der Waals surface area contributed by atoms with Crippen LogP contribution in [-0.4, -0.2) is 7.05 Å². The molecule has 96 valence electrons. The average Bonchev–Trinajstić information content (AvgIpc) is 2.78. The molecule has 0 aliphatic rings. The lowest BCUT2D eigenvalue weighted by molar-refractivity contribution is 0.506. The number of nitrogen functional groups attached to an aromatic ring is 2. The highest BCUT2D eigenvalue weighted by Gasteiger charge is 2.18. The van der Waals surface area contributed by atoms with Gasteiger partial charge in [0.05, 0.1) is 29.9 Å². The zero-order valence-electron chi connectivity index (χ0n) is 9.78. The van der Waals surface area contributed by atoms with Gasteiger partial charge in [-0.2, -0.15) is 0 Å². The van der Waals surface area contributed by atoms with E-state index in [2.05, 4.69) is 0 Å². The maximum absolute atomic E-state index is 14.0. The molecule has 0 saturated carbocycles. The number of rotatable bonds is 3. The molecule has 0 atom stereocenters. The van der Waals surface area contributed by atoms with Crippen molar-refractivity contribution in [2.75, 3.05) is 23.4 Å². The zero-order chi connectivity index (χ0) is 13.3. The molecule has 4 N–H and O–H groups in total. The number of anilines is 3. The molecule has 0 spiro atoms. The first-order chi connectivity index (χ1) is 8.50. The molecule has 0 aliphatic carbocycles. The molecule has 0 unspecified atom stereocenters. The molecular formula is C12H13ClFN3O. The van der Waals surface area contributed by atoms with Crippen LogP contribution in [0.2, 0.25) is 5.02 Å². The van der Waals surface area contributed by atoms with E-state index in [1.807, 2.05) is 0 Å². The molecule has 2 rings (SSSR count). The normalized spacial score (nSPS) is 10.6. The Morgan fingerprint density at radius 2 is 2.11 bits per heavy atom. The molecule has 0 amide bonds. The lowest BCUT2D eigenvalue weighted by atomic mass is 10.2. The van der Waals surface area contributed by atoms with Crippen molar-refractivity contribution in [3.05, 3.63) is 41.1 Å². The fraction of sp³-hybridized carbons (Fsp3) is 0.167. The summed E-state index contributed by atoms with van der Waals surface area (Å²) in [6.45, 7) is 0.383. The molecule has 0 saturated heterocycles. The van der Waals surface area contributed by atoms with Crippen LogP contribution in [-0.2, 0) is 6.54 Å². The van der Waals surface area contributed by atoms with Crippen LogP contribution in [0.4, 0.5) is 21.5 Å². The predicted octanol–water partition coefficient (Wildman–Crippen LogP) is 2.87. The predicted molar refractivity (Wildman–Crippen MR) is 71.0 cm³/mol. The van der Waals surface area contributed by atoms with Crippen LogP contribution in [0.5, 0.6) is 0 Å². The molecule has 0 bridgehead atoms. The van der Waals surface area contributed by atoms with Gasteiger partial charge in [0.1, 0.15) is 10.8 Å². The summed E-state index contributed by atoms with van der Waals surface area (Å²) in [5, 5.41) is -0.120. The van der Waals surface area contributed by atoms with Gasteiger partial charge < -0.3 is 20.8 Å². The van der Waals surface area contributed by atoms with Gasteiger partial charge in [-0.1, -0.05) is 11.6 Å². The summed E-state index contributed by atoms with van der Waals surface area (Å²) in [4.78, 5) is 1.62. The second-order valence-electron chi connectivity index (χ2n) is 3.97. The first kappa shape index (κ1) is 12.6. The third kappa shape index (κ3) is 2.22. The SMILES string of the molecule is CN(Cc1ccco1)c1c(N)cc(N)c(Cl)c1F. The van der Waals surface area contributed by atoms with Crippen LogP contribution in [0.25, 0.3) is 0 Å². The van der Waals surface area contributed by atoms with E-state index >= 15 is 0 Å². The highest BCUT2D eigenvalue weighted by atomic mass is 35.5. The highest BCUT2D eigenvalue weighted by molar-refractivity contribution is 6.33. The van der Waals surface area contributed by atoms with Gasteiger partial charge in [-0.25, -0.2) is 4.39 Å². The summed E-state index contributed by atoms with van der Waals surface area (Å²) in [6.07, 6.45) is 1.55. The first-order valence-electron chi connectivity index (χ1n) is 5.27. The number of halogens is 2. The van der Waals surface area contributed by atoms with Gasteiger partial charge >= 0.3 is 0 Å². The van der Waals surface area contributed by atoms with E-state index in [-0.39, 0.29) is 22.1 Å². The number of nitrogens with two attached hydrogens (primary N) is 2. The topological polar surface area (TPSA) is 68.4 Å². The van der Waals surface area contributed by atoms with Crippen molar-refractivity contribution in [2.24, 2.45) is 0 Å². The minimum Gasteiger partial charge on any atom is -0.467 e. The van der Waals surface area contributed by atoms with Gasteiger partial charge in [-0.15, -0.1) is 0 Å². The third-order valence-electron chi connectivity index (χ3n) is 2.59. The van der Waals surface area contributed by atoms with Gasteiger partial charge in [0.15, 0.2) is 5.82 Å². The summed E-state index contributed by atoms with van der Waals surface area (Å²) < 4.78 is 19.2. The Hall–Kier alpha value is -1.88. The van der Waals surface area contributed by atoms with E-state index < -0.39 is 5.82 Å². The smallest absolute Gasteiger partial charge is 0.169 e. The molecule has 0 aliphatic heterocycles. The van der Waals surface area contributed by atoms with Crippen molar-refractivity contribution in [3.8, 4) is 0 Å². The second-order valence-corrected chi connectivity index (χ2v) is 4.34. The van der Waals surface area contributed by atoms with Gasteiger partial charge in [0.2, 0.25) is 0 Å². The molecule has 0 radical (unpaired) electrons. The minimum absolute atomic E-state index is 0.120. The van der Waals surface area contributed by atoms with Crippen LogP contribution in [0.1, 0.15) is 5.76 Å². The Morgan fingerprint density at radius 3 is 2.72 bits per heavy atom. The summed E-state index contributed by atoms with van der Waals surface area (Å²) in [5.41, 5.74) is 11.9. The number of furan rings is 1. The van der Waals surface area contributed by atoms with E-state index in [0.717, 1.165) is 0 Å². The van der Waals surface area contributed by atoms with E-state index in [0.29, 0.717) is 12.3 Å². The summed E-state index contributed by atoms with van der Waals surface area (Å²) in [6, 6.07) is 5.00. The van der Waals surface area contributed by atoms with Crippen molar-refractivity contribution < 1.29 is 8.81 Å². The standard InChI is InChI=1S/C12H13ClFN3O/c1-17(6-7-3-2-4-18-7)12-9(16)5-8(15)10(13)11(12)14/h2-5H,6,15-16H2,1H3. The minimum atomic E-state index is -0.622. The lowest BCUT2D eigenvalue weighted by Gasteiger charge is -2.21. The molecule has 1 aromatic carbocycles. The first-order valence-corrected chi connectivity index (χ1v) is 5.65. The fourth-order valence-corrected chi connectivity index (χ4v) is 1.90. The highest BCUT2D eigenvalue weighted by Crippen LogP contribution is 2.36. The maximum Gasteiger partial charge on any atom is 0.169 e. The Balaban J connectivity index is 2.36. The fourth-order valence-electron chi connectivity index (χ4n) is 1.76. The number of hydrogen-bond acceptors (Lipinski definition) is 4. The third-order valence-corrected chi connectivity index (χ3v) is 2.98. The maximum atomic E-state index is 14.0. The largest absolute Gasteiger partial charge is 0.467 e. The zero-order valence-corrected chi connectivity index (χ0v) is 10.5. The van der Waals surface area contributed by atoms with Crippen LogP contribution in [0, 0.1) is 5.82 Å². The van der Waals surface area contributed by atoms with Crippen LogP contribution < -0.4 is 16.4 Å². The molecule has 18 heavy (non-hydrogen) atoms. The summed E-state index contributed by atoms with van der Waals surface area (Å²) in [5.74, 6) is 0.0764. The van der Waals surface area contributed by atoms with E-state index in [1.165, 1.54) is 6.07 Å². The van der Waals surface area contributed by atoms with Crippen LogP contribution >= 0.6 is 11.6 Å². The van der Waals surface area contributed by atoms with Crippen LogP contribution in [0.3, 0.4) is 0 Å².